The van der Waals surface area contributed by atoms with Crippen LogP contribution in [0.4, 0.5) is 15.8 Å². The normalized spacial score (nSPS) is 16.2. The van der Waals surface area contributed by atoms with Gasteiger partial charge in [-0.05, 0) is 35.2 Å². The van der Waals surface area contributed by atoms with Gasteiger partial charge in [-0.3, -0.25) is 4.99 Å². The number of nitrogens with zero attached hydrogens (tertiary/aromatic N) is 3. The van der Waals surface area contributed by atoms with E-state index in [0.717, 1.165) is 33.0 Å². The number of para-hydroxylation sites is 1. The van der Waals surface area contributed by atoms with Crippen LogP contribution in [0.15, 0.2) is 63.6 Å². The Hall–Kier alpha value is -1.67. The van der Waals surface area contributed by atoms with E-state index in [9.17, 15) is 4.39 Å². The van der Waals surface area contributed by atoms with Gasteiger partial charge in [0.05, 0.1) is 18.8 Å². The highest BCUT2D eigenvalue weighted by Crippen LogP contribution is 2.38. The molecular weight excluding hydrogens is 438 g/mol. The molecule has 0 atom stereocenters. The number of rotatable bonds is 2. The molecule has 3 aliphatic heterocycles. The summed E-state index contributed by atoms with van der Waals surface area (Å²) >= 11 is 3.31. The van der Waals surface area contributed by atoms with Crippen LogP contribution in [-0.2, 0) is 13.1 Å². The van der Waals surface area contributed by atoms with Crippen LogP contribution in [0.1, 0.15) is 11.1 Å². The number of thioether (sulfide) groups is 2. The van der Waals surface area contributed by atoms with Crippen LogP contribution in [0, 0.1) is 5.82 Å². The molecule has 3 aliphatic rings. The molecule has 2 aromatic carbocycles. The smallest absolute Gasteiger partial charge is 0.173 e. The molecule has 0 spiro atoms. The molecule has 0 fully saturated rings. The van der Waals surface area contributed by atoms with Gasteiger partial charge in [-0.2, -0.15) is 0 Å². The number of fused-ring (bicyclic) bond motifs is 3. The lowest BCUT2D eigenvalue weighted by atomic mass is 10.1. The van der Waals surface area contributed by atoms with Crippen molar-refractivity contribution in [3.8, 4) is 0 Å². The Morgan fingerprint density at radius 1 is 1.14 bits per heavy atom. The monoisotopic (exact) mass is 454 g/mol. The largest absolute Gasteiger partial charge is 0.335 e. The van der Waals surface area contributed by atoms with Crippen LogP contribution in [0.2, 0.25) is 0 Å². The summed E-state index contributed by atoms with van der Waals surface area (Å²) in [6, 6.07) is 13.0. The molecule has 146 valence electrons. The van der Waals surface area contributed by atoms with E-state index in [0.29, 0.717) is 13.1 Å². The van der Waals surface area contributed by atoms with Crippen LogP contribution in [0.25, 0.3) is 0 Å². The number of amidine groups is 2. The molecule has 0 saturated heterocycles. The Bertz CT molecular complexity index is 994. The number of aliphatic imine (C=N–C) groups is 2. The Labute approximate surface area is 183 Å². The lowest BCUT2D eigenvalue weighted by Gasteiger charge is -2.27. The lowest BCUT2D eigenvalue weighted by molar-refractivity contribution is 0.515. The van der Waals surface area contributed by atoms with Crippen LogP contribution in [-0.4, -0.2) is 21.0 Å². The van der Waals surface area contributed by atoms with Gasteiger partial charge in [0.2, 0.25) is 0 Å². The van der Waals surface area contributed by atoms with Gasteiger partial charge in [-0.25, -0.2) is 9.38 Å². The van der Waals surface area contributed by atoms with Crippen molar-refractivity contribution in [3.05, 3.63) is 70.5 Å². The van der Waals surface area contributed by atoms with Crippen molar-refractivity contribution >= 4 is 70.0 Å². The highest BCUT2D eigenvalue weighted by Gasteiger charge is 2.28. The number of anilines is 1. The quantitative estimate of drug-likeness (QED) is 0.624. The minimum absolute atomic E-state index is 0. The summed E-state index contributed by atoms with van der Waals surface area (Å²) in [7, 11) is 0. The molecular formula is C19H17Cl2FN4S2. The summed E-state index contributed by atoms with van der Waals surface area (Å²) in [6.07, 6.45) is 0. The van der Waals surface area contributed by atoms with E-state index in [2.05, 4.69) is 37.7 Å². The molecule has 1 N–H and O–H groups in total. The number of benzene rings is 2. The molecule has 5 rings (SSSR count). The van der Waals surface area contributed by atoms with Gasteiger partial charge in [0, 0.05) is 22.7 Å². The Kier molecular flexibility index (Phi) is 6.60. The zero-order valence-corrected chi connectivity index (χ0v) is 17.9. The average molecular weight is 455 g/mol. The van der Waals surface area contributed by atoms with E-state index in [1.807, 2.05) is 12.1 Å². The molecule has 0 aromatic heterocycles. The number of halogens is 3. The summed E-state index contributed by atoms with van der Waals surface area (Å²) in [5.41, 5.74) is 5.31. The number of hydrogen-bond donors (Lipinski definition) is 1. The first-order chi connectivity index (χ1) is 12.8. The van der Waals surface area contributed by atoms with E-state index in [-0.39, 0.29) is 30.6 Å². The zero-order valence-electron chi connectivity index (χ0n) is 14.6. The molecule has 0 unspecified atom stereocenters. The second kappa shape index (κ2) is 8.78. The Balaban J connectivity index is 0.00000112. The second-order valence-corrected chi connectivity index (χ2v) is 7.97. The van der Waals surface area contributed by atoms with Crippen molar-refractivity contribution in [3.63, 3.8) is 0 Å². The fraction of sp³-hybridized carbons (Fsp3) is 0.158. The van der Waals surface area contributed by atoms with Crippen LogP contribution >= 0.6 is 48.3 Å². The molecule has 2 aromatic rings. The third kappa shape index (κ3) is 4.03. The number of hydrogen-bond acceptors (Lipinski definition) is 6. The summed E-state index contributed by atoms with van der Waals surface area (Å²) in [4.78, 5) is 11.4. The summed E-state index contributed by atoms with van der Waals surface area (Å²) in [5, 5.41) is 7.42. The van der Waals surface area contributed by atoms with Crippen molar-refractivity contribution < 1.29 is 4.39 Å². The van der Waals surface area contributed by atoms with E-state index < -0.39 is 0 Å². The van der Waals surface area contributed by atoms with Crippen LogP contribution < -0.4 is 5.32 Å². The van der Waals surface area contributed by atoms with Gasteiger partial charge < -0.3 is 10.2 Å². The first-order valence-electron chi connectivity index (χ1n) is 8.29. The number of nitrogens with one attached hydrogen (secondary N) is 1. The molecule has 0 bridgehead atoms. The minimum Gasteiger partial charge on any atom is -0.335 e. The molecule has 0 amide bonds. The molecule has 3 heterocycles. The average Bonchev–Trinajstić information content (AvgIpc) is 3.06. The second-order valence-electron chi connectivity index (χ2n) is 6.17. The third-order valence-electron chi connectivity index (χ3n) is 4.47. The predicted octanol–water partition coefficient (Wildman–Crippen LogP) is 5.78. The van der Waals surface area contributed by atoms with Crippen molar-refractivity contribution in [1.29, 1.82) is 0 Å². The zero-order chi connectivity index (χ0) is 17.5. The molecule has 28 heavy (non-hydrogen) atoms. The molecule has 0 saturated carbocycles. The fourth-order valence-electron chi connectivity index (χ4n) is 3.12. The molecule has 4 nitrogen and oxygen atoms in total. The Morgan fingerprint density at radius 2 is 2.00 bits per heavy atom. The van der Waals surface area contributed by atoms with Gasteiger partial charge in [0.1, 0.15) is 5.82 Å². The van der Waals surface area contributed by atoms with Crippen molar-refractivity contribution in [2.75, 3.05) is 11.1 Å². The molecule has 9 heteroatoms. The lowest BCUT2D eigenvalue weighted by Crippen LogP contribution is -2.28. The topological polar surface area (TPSA) is 40.0 Å². The Morgan fingerprint density at radius 3 is 2.89 bits per heavy atom. The third-order valence-corrected chi connectivity index (χ3v) is 6.33. The van der Waals surface area contributed by atoms with Crippen molar-refractivity contribution in [2.24, 2.45) is 9.98 Å². The van der Waals surface area contributed by atoms with E-state index in [1.165, 1.54) is 17.3 Å². The highest BCUT2D eigenvalue weighted by molar-refractivity contribution is 8.17. The summed E-state index contributed by atoms with van der Waals surface area (Å²) in [5.74, 6) is 0.582. The van der Waals surface area contributed by atoms with Gasteiger partial charge in [0.15, 0.2) is 10.3 Å². The maximum Gasteiger partial charge on any atom is 0.173 e. The minimum atomic E-state index is -0.214. The van der Waals surface area contributed by atoms with E-state index in [4.69, 9.17) is 0 Å². The van der Waals surface area contributed by atoms with Crippen LogP contribution in [0.3, 0.4) is 0 Å². The first-order valence-corrected chi connectivity index (χ1v) is 10.2. The van der Waals surface area contributed by atoms with Crippen molar-refractivity contribution in [1.82, 2.24) is 4.90 Å². The standard InChI is InChI=1S/C19H15FN4S2.2ClH/c20-14-5-6-17-13(7-14)9-24-15(11-26-19(24)23-17)10-25-18-21-8-12-3-1-2-4-16(12)22-18;;/h1-7,11H,8-10H2,(H,21,22);2*1H. The van der Waals surface area contributed by atoms with Gasteiger partial charge in [0.25, 0.3) is 0 Å². The highest BCUT2D eigenvalue weighted by atomic mass is 35.5. The van der Waals surface area contributed by atoms with Gasteiger partial charge in [-0.15, -0.1) is 24.8 Å². The predicted molar refractivity (Wildman–Crippen MR) is 123 cm³/mol. The molecule has 0 radical (unpaired) electrons. The van der Waals surface area contributed by atoms with Gasteiger partial charge >= 0.3 is 0 Å². The SMILES string of the molecule is Cl.Cl.Fc1ccc2c(c1)CN1C(CSC3=NCc4ccccc4N3)=CSC1=N2. The van der Waals surface area contributed by atoms with Gasteiger partial charge in [-0.1, -0.05) is 41.7 Å². The summed E-state index contributed by atoms with van der Waals surface area (Å²) in [6.45, 7) is 1.37. The molecule has 0 aliphatic carbocycles. The fourth-order valence-corrected chi connectivity index (χ4v) is 5.00. The van der Waals surface area contributed by atoms with Crippen LogP contribution in [0.5, 0.6) is 0 Å². The van der Waals surface area contributed by atoms with E-state index in [1.54, 1.807) is 35.7 Å². The maximum absolute atomic E-state index is 13.5. The first kappa shape index (κ1) is 21.0. The van der Waals surface area contributed by atoms with E-state index >= 15 is 0 Å². The van der Waals surface area contributed by atoms with Crippen molar-refractivity contribution in [2.45, 2.75) is 13.1 Å². The maximum atomic E-state index is 13.5. The summed E-state index contributed by atoms with van der Waals surface area (Å²) < 4.78 is 13.5.